The van der Waals surface area contributed by atoms with Crippen molar-refractivity contribution in [1.29, 1.82) is 0 Å². The fraction of sp³-hybridized carbons (Fsp3) is 0.571. The zero-order valence-corrected chi connectivity index (χ0v) is 11.1. The molecule has 1 heterocycles. The van der Waals surface area contributed by atoms with E-state index in [1.807, 2.05) is 25.1 Å². The standard InChI is InChI=1S/C14H22N2O2/c1-3-18-13-7-11(15)6-12(8-13)16-5-4-10(2)14(17)9-16/h6-8,10,14,17H,3-5,9,15H2,1-2H3. The molecule has 1 aromatic carbocycles. The molecule has 1 aliphatic rings. The van der Waals surface area contributed by atoms with Gasteiger partial charge in [0.2, 0.25) is 0 Å². The summed E-state index contributed by atoms with van der Waals surface area (Å²) in [6.45, 7) is 6.29. The lowest BCUT2D eigenvalue weighted by molar-refractivity contribution is 0.103. The molecule has 1 saturated heterocycles. The smallest absolute Gasteiger partial charge is 0.123 e. The Hall–Kier alpha value is -1.42. The van der Waals surface area contributed by atoms with Gasteiger partial charge in [-0.05, 0) is 25.3 Å². The van der Waals surface area contributed by atoms with Gasteiger partial charge in [0.15, 0.2) is 0 Å². The average molecular weight is 250 g/mol. The Morgan fingerprint density at radius 3 is 2.89 bits per heavy atom. The maximum Gasteiger partial charge on any atom is 0.123 e. The van der Waals surface area contributed by atoms with Crippen LogP contribution >= 0.6 is 0 Å². The molecule has 0 aromatic heterocycles. The van der Waals surface area contributed by atoms with Crippen LogP contribution in [-0.2, 0) is 0 Å². The number of ether oxygens (including phenoxy) is 1. The van der Waals surface area contributed by atoms with Gasteiger partial charge in [0.25, 0.3) is 0 Å². The van der Waals surface area contributed by atoms with Crippen LogP contribution in [0.4, 0.5) is 11.4 Å². The van der Waals surface area contributed by atoms with Gasteiger partial charge in [-0.1, -0.05) is 6.92 Å². The first kappa shape index (κ1) is 13.0. The monoisotopic (exact) mass is 250 g/mol. The molecule has 2 rings (SSSR count). The van der Waals surface area contributed by atoms with Crippen molar-refractivity contribution in [3.63, 3.8) is 0 Å². The predicted molar refractivity (Wildman–Crippen MR) is 74.0 cm³/mol. The van der Waals surface area contributed by atoms with Crippen molar-refractivity contribution in [2.24, 2.45) is 5.92 Å². The van der Waals surface area contributed by atoms with E-state index in [0.717, 1.165) is 24.4 Å². The first-order chi connectivity index (χ1) is 8.60. The first-order valence-corrected chi connectivity index (χ1v) is 6.56. The van der Waals surface area contributed by atoms with Gasteiger partial charge in [-0.25, -0.2) is 0 Å². The van der Waals surface area contributed by atoms with Crippen molar-refractivity contribution in [2.45, 2.75) is 26.4 Å². The molecule has 1 aromatic rings. The van der Waals surface area contributed by atoms with E-state index in [4.69, 9.17) is 10.5 Å². The molecule has 0 bridgehead atoms. The van der Waals surface area contributed by atoms with Crippen LogP contribution in [0, 0.1) is 5.92 Å². The Balaban J connectivity index is 2.17. The summed E-state index contributed by atoms with van der Waals surface area (Å²) in [4.78, 5) is 2.17. The molecule has 4 nitrogen and oxygen atoms in total. The number of aliphatic hydroxyl groups excluding tert-OH is 1. The van der Waals surface area contributed by atoms with E-state index >= 15 is 0 Å². The number of β-amino-alcohol motifs (C(OH)–C–C–N with tert-alkyl or cyclic N) is 1. The van der Waals surface area contributed by atoms with Crippen molar-refractivity contribution >= 4 is 11.4 Å². The van der Waals surface area contributed by atoms with Crippen LogP contribution in [0.3, 0.4) is 0 Å². The fourth-order valence-electron chi connectivity index (χ4n) is 2.32. The van der Waals surface area contributed by atoms with Crippen LogP contribution in [0.5, 0.6) is 5.75 Å². The SMILES string of the molecule is CCOc1cc(N)cc(N2CCC(C)C(O)C2)c1. The molecule has 3 N–H and O–H groups in total. The van der Waals surface area contributed by atoms with Crippen LogP contribution in [0.1, 0.15) is 20.3 Å². The van der Waals surface area contributed by atoms with Gasteiger partial charge >= 0.3 is 0 Å². The Kier molecular flexibility index (Phi) is 3.97. The minimum Gasteiger partial charge on any atom is -0.494 e. The third kappa shape index (κ3) is 2.88. The highest BCUT2D eigenvalue weighted by molar-refractivity contribution is 5.60. The number of anilines is 2. The topological polar surface area (TPSA) is 58.7 Å². The largest absolute Gasteiger partial charge is 0.494 e. The highest BCUT2D eigenvalue weighted by Crippen LogP contribution is 2.29. The highest BCUT2D eigenvalue weighted by atomic mass is 16.5. The second-order valence-electron chi connectivity index (χ2n) is 4.97. The second kappa shape index (κ2) is 5.48. The van der Waals surface area contributed by atoms with E-state index in [-0.39, 0.29) is 6.10 Å². The Labute approximate surface area is 108 Å². The van der Waals surface area contributed by atoms with E-state index in [1.54, 1.807) is 0 Å². The van der Waals surface area contributed by atoms with Crippen LogP contribution in [0.2, 0.25) is 0 Å². The lowest BCUT2D eigenvalue weighted by Crippen LogP contribution is -2.42. The molecular formula is C14H22N2O2. The van der Waals surface area contributed by atoms with Gasteiger partial charge in [0, 0.05) is 36.6 Å². The summed E-state index contributed by atoms with van der Waals surface area (Å²) in [7, 11) is 0. The Morgan fingerprint density at radius 1 is 1.44 bits per heavy atom. The van der Waals surface area contributed by atoms with Crippen molar-refractivity contribution < 1.29 is 9.84 Å². The number of nitrogens with two attached hydrogens (primary N) is 1. The van der Waals surface area contributed by atoms with Gasteiger partial charge in [0.1, 0.15) is 5.75 Å². The third-order valence-electron chi connectivity index (χ3n) is 3.51. The Morgan fingerprint density at radius 2 is 2.22 bits per heavy atom. The van der Waals surface area contributed by atoms with Crippen LogP contribution in [0.25, 0.3) is 0 Å². The maximum atomic E-state index is 9.95. The molecular weight excluding hydrogens is 228 g/mol. The quantitative estimate of drug-likeness (QED) is 0.804. The molecule has 2 atom stereocenters. The van der Waals surface area contributed by atoms with Crippen molar-refractivity contribution in [3.05, 3.63) is 18.2 Å². The lowest BCUT2D eigenvalue weighted by atomic mass is 9.95. The van der Waals surface area contributed by atoms with Crippen molar-refractivity contribution in [3.8, 4) is 5.75 Å². The molecule has 4 heteroatoms. The summed E-state index contributed by atoms with van der Waals surface area (Å²) in [5.41, 5.74) is 7.62. The van der Waals surface area contributed by atoms with E-state index < -0.39 is 0 Å². The molecule has 1 aliphatic heterocycles. The van der Waals surface area contributed by atoms with E-state index in [9.17, 15) is 5.11 Å². The van der Waals surface area contributed by atoms with Gasteiger partial charge in [-0.2, -0.15) is 0 Å². The number of nitrogens with zero attached hydrogens (tertiary/aromatic N) is 1. The van der Waals surface area contributed by atoms with Crippen LogP contribution in [-0.4, -0.2) is 30.9 Å². The fourth-order valence-corrected chi connectivity index (χ4v) is 2.32. The summed E-state index contributed by atoms with van der Waals surface area (Å²) in [5, 5.41) is 9.95. The summed E-state index contributed by atoms with van der Waals surface area (Å²) < 4.78 is 5.50. The van der Waals surface area contributed by atoms with Crippen molar-refractivity contribution in [2.75, 3.05) is 30.3 Å². The summed E-state index contributed by atoms with van der Waals surface area (Å²) in [6.07, 6.45) is 0.732. The lowest BCUT2D eigenvalue weighted by Gasteiger charge is -2.36. The maximum absolute atomic E-state index is 9.95. The number of benzene rings is 1. The first-order valence-electron chi connectivity index (χ1n) is 6.56. The van der Waals surface area contributed by atoms with Gasteiger partial charge < -0.3 is 20.5 Å². The molecule has 0 spiro atoms. The minimum atomic E-state index is -0.268. The van der Waals surface area contributed by atoms with Gasteiger partial charge in [-0.3, -0.25) is 0 Å². The van der Waals surface area contributed by atoms with Crippen molar-refractivity contribution in [1.82, 2.24) is 0 Å². The van der Waals surface area contributed by atoms with Gasteiger partial charge in [-0.15, -0.1) is 0 Å². The molecule has 0 aliphatic carbocycles. The third-order valence-corrected chi connectivity index (χ3v) is 3.51. The minimum absolute atomic E-state index is 0.268. The number of piperidine rings is 1. The van der Waals surface area contributed by atoms with E-state index in [2.05, 4.69) is 11.8 Å². The van der Waals surface area contributed by atoms with Crippen LogP contribution in [0.15, 0.2) is 18.2 Å². The molecule has 0 saturated carbocycles. The summed E-state index contributed by atoms with van der Waals surface area (Å²) >= 11 is 0. The number of hydrogen-bond donors (Lipinski definition) is 2. The molecule has 0 radical (unpaired) electrons. The average Bonchev–Trinajstić information content (AvgIpc) is 2.32. The second-order valence-corrected chi connectivity index (χ2v) is 4.97. The van der Waals surface area contributed by atoms with E-state index in [1.165, 1.54) is 0 Å². The van der Waals surface area contributed by atoms with E-state index in [0.29, 0.717) is 24.8 Å². The number of aliphatic hydroxyl groups is 1. The van der Waals surface area contributed by atoms with Crippen LogP contribution < -0.4 is 15.4 Å². The normalized spacial score (nSPS) is 24.1. The number of hydrogen-bond acceptors (Lipinski definition) is 4. The molecule has 0 amide bonds. The molecule has 2 unspecified atom stereocenters. The number of nitrogen functional groups attached to an aromatic ring is 1. The zero-order chi connectivity index (χ0) is 13.1. The van der Waals surface area contributed by atoms with Gasteiger partial charge in [0.05, 0.1) is 12.7 Å². The number of rotatable bonds is 3. The Bertz CT molecular complexity index is 409. The highest BCUT2D eigenvalue weighted by Gasteiger charge is 2.24. The predicted octanol–water partition coefficient (Wildman–Crippen LogP) is 1.87. The summed E-state index contributed by atoms with van der Waals surface area (Å²) in [6, 6.07) is 5.75. The molecule has 1 fully saturated rings. The molecule has 100 valence electrons. The molecule has 18 heavy (non-hydrogen) atoms. The summed E-state index contributed by atoms with van der Waals surface area (Å²) in [5.74, 6) is 1.16. The zero-order valence-electron chi connectivity index (χ0n) is 11.1.